The van der Waals surface area contributed by atoms with Crippen LogP contribution in [-0.2, 0) is 0 Å². The van der Waals surface area contributed by atoms with Gasteiger partial charge in [0.05, 0.1) is 6.10 Å². The molecular formula is C8H14N4O2. The molecule has 1 rings (SSSR count). The lowest BCUT2D eigenvalue weighted by molar-refractivity contribution is 0.0919. The maximum absolute atomic E-state index is 11.4. The van der Waals surface area contributed by atoms with E-state index in [9.17, 15) is 4.79 Å². The van der Waals surface area contributed by atoms with Gasteiger partial charge in [-0.05, 0) is 6.92 Å². The Morgan fingerprint density at radius 2 is 2.50 bits per heavy atom. The minimum atomic E-state index is -0.550. The molecule has 1 aromatic rings. The maximum atomic E-state index is 11.4. The molecule has 78 valence electrons. The maximum Gasteiger partial charge on any atom is 0.269 e. The van der Waals surface area contributed by atoms with Gasteiger partial charge in [0.2, 0.25) is 0 Å². The number of aliphatic hydroxyl groups is 1. The summed E-state index contributed by atoms with van der Waals surface area (Å²) >= 11 is 0. The predicted molar refractivity (Wildman–Crippen MR) is 52.1 cm³/mol. The third-order valence-electron chi connectivity index (χ3n) is 1.64. The minimum absolute atomic E-state index is 0.229. The van der Waals surface area contributed by atoms with Gasteiger partial charge in [0, 0.05) is 19.7 Å². The van der Waals surface area contributed by atoms with Crippen molar-refractivity contribution in [3.05, 3.63) is 11.8 Å². The Hall–Kier alpha value is -1.56. The molecule has 0 fully saturated rings. The molecule has 1 amide bonds. The van der Waals surface area contributed by atoms with Crippen LogP contribution in [0.15, 0.2) is 6.07 Å². The molecule has 1 atom stereocenters. The van der Waals surface area contributed by atoms with E-state index in [1.807, 2.05) is 0 Å². The number of aromatic nitrogens is 2. The summed E-state index contributed by atoms with van der Waals surface area (Å²) in [5.41, 5.74) is 0.370. The number of hydrogen-bond donors (Lipinski definition) is 4. The van der Waals surface area contributed by atoms with Crippen LogP contribution in [0.5, 0.6) is 0 Å². The largest absolute Gasteiger partial charge is 0.392 e. The number of H-pyrrole nitrogens is 1. The molecule has 0 aromatic carbocycles. The molecule has 0 aliphatic carbocycles. The summed E-state index contributed by atoms with van der Waals surface area (Å²) in [6.07, 6.45) is -0.550. The van der Waals surface area contributed by atoms with Gasteiger partial charge in [0.1, 0.15) is 11.5 Å². The van der Waals surface area contributed by atoms with Crippen molar-refractivity contribution in [2.75, 3.05) is 18.9 Å². The second-order valence-corrected chi connectivity index (χ2v) is 2.98. The number of hydrogen-bond acceptors (Lipinski definition) is 4. The molecule has 1 heterocycles. The van der Waals surface area contributed by atoms with E-state index in [0.29, 0.717) is 11.5 Å². The molecule has 0 aliphatic rings. The fraction of sp³-hybridized carbons (Fsp3) is 0.500. The van der Waals surface area contributed by atoms with Crippen LogP contribution < -0.4 is 10.6 Å². The second kappa shape index (κ2) is 4.61. The fourth-order valence-electron chi connectivity index (χ4n) is 0.902. The van der Waals surface area contributed by atoms with E-state index in [1.54, 1.807) is 20.0 Å². The van der Waals surface area contributed by atoms with Crippen molar-refractivity contribution in [2.45, 2.75) is 13.0 Å². The number of carbonyl (C=O) groups is 1. The zero-order valence-corrected chi connectivity index (χ0v) is 8.16. The lowest BCUT2D eigenvalue weighted by atomic mass is 10.3. The van der Waals surface area contributed by atoms with E-state index in [2.05, 4.69) is 20.8 Å². The first kappa shape index (κ1) is 10.5. The third kappa shape index (κ3) is 2.74. The highest BCUT2D eigenvalue weighted by atomic mass is 16.3. The van der Waals surface area contributed by atoms with Gasteiger partial charge in [-0.2, -0.15) is 5.10 Å². The van der Waals surface area contributed by atoms with E-state index in [4.69, 9.17) is 5.11 Å². The van der Waals surface area contributed by atoms with Gasteiger partial charge in [0.15, 0.2) is 0 Å². The van der Waals surface area contributed by atoms with Crippen molar-refractivity contribution in [3.8, 4) is 0 Å². The van der Waals surface area contributed by atoms with Crippen molar-refractivity contribution >= 4 is 11.7 Å². The molecular weight excluding hydrogens is 184 g/mol. The average molecular weight is 198 g/mol. The lowest BCUT2D eigenvalue weighted by Crippen LogP contribution is -2.30. The number of aromatic amines is 1. The van der Waals surface area contributed by atoms with E-state index < -0.39 is 6.10 Å². The SMILES string of the molecule is CNc1cc(C(=O)NCC(C)O)[nH]n1. The van der Waals surface area contributed by atoms with Gasteiger partial charge in [-0.1, -0.05) is 0 Å². The molecule has 14 heavy (non-hydrogen) atoms. The first-order valence-electron chi connectivity index (χ1n) is 4.33. The number of carbonyl (C=O) groups excluding carboxylic acids is 1. The van der Waals surface area contributed by atoms with Gasteiger partial charge in [-0.15, -0.1) is 0 Å². The van der Waals surface area contributed by atoms with Gasteiger partial charge in [0.25, 0.3) is 5.91 Å². The molecule has 0 aliphatic heterocycles. The Labute approximate surface area is 81.7 Å². The Bertz CT molecular complexity index is 308. The van der Waals surface area contributed by atoms with Gasteiger partial charge >= 0.3 is 0 Å². The molecule has 0 bridgehead atoms. The first-order chi connectivity index (χ1) is 6.63. The number of anilines is 1. The zero-order valence-electron chi connectivity index (χ0n) is 8.16. The van der Waals surface area contributed by atoms with Crippen molar-refractivity contribution in [3.63, 3.8) is 0 Å². The Morgan fingerprint density at radius 3 is 3.00 bits per heavy atom. The highest BCUT2D eigenvalue weighted by Gasteiger charge is 2.09. The molecule has 0 saturated heterocycles. The third-order valence-corrected chi connectivity index (χ3v) is 1.64. The molecule has 0 radical (unpaired) electrons. The van der Waals surface area contributed by atoms with Crippen molar-refractivity contribution in [1.29, 1.82) is 0 Å². The summed E-state index contributed by atoms with van der Waals surface area (Å²) in [6.45, 7) is 1.83. The summed E-state index contributed by atoms with van der Waals surface area (Å²) in [5.74, 6) is 0.326. The van der Waals surface area contributed by atoms with Crippen LogP contribution in [0.25, 0.3) is 0 Å². The Kier molecular flexibility index (Phi) is 3.47. The molecule has 6 heteroatoms. The highest BCUT2D eigenvalue weighted by Crippen LogP contribution is 2.03. The van der Waals surface area contributed by atoms with Crippen LogP contribution in [0.3, 0.4) is 0 Å². The summed E-state index contributed by atoms with van der Waals surface area (Å²) < 4.78 is 0. The minimum Gasteiger partial charge on any atom is -0.392 e. The summed E-state index contributed by atoms with van der Waals surface area (Å²) in [4.78, 5) is 11.4. The Balaban J connectivity index is 2.52. The lowest BCUT2D eigenvalue weighted by Gasteiger charge is -2.04. The van der Waals surface area contributed by atoms with Crippen LogP contribution in [0.2, 0.25) is 0 Å². The van der Waals surface area contributed by atoms with Crippen LogP contribution in [0.4, 0.5) is 5.82 Å². The quantitative estimate of drug-likeness (QED) is 0.528. The van der Waals surface area contributed by atoms with E-state index in [-0.39, 0.29) is 12.5 Å². The molecule has 4 N–H and O–H groups in total. The number of aliphatic hydroxyl groups excluding tert-OH is 1. The molecule has 0 spiro atoms. The molecule has 0 saturated carbocycles. The van der Waals surface area contributed by atoms with E-state index in [1.165, 1.54) is 0 Å². The number of rotatable bonds is 4. The van der Waals surface area contributed by atoms with Crippen LogP contribution in [-0.4, -0.2) is 40.9 Å². The van der Waals surface area contributed by atoms with Crippen molar-refractivity contribution in [1.82, 2.24) is 15.5 Å². The monoisotopic (exact) mass is 198 g/mol. The highest BCUT2D eigenvalue weighted by molar-refractivity contribution is 5.92. The summed E-state index contributed by atoms with van der Waals surface area (Å²) in [7, 11) is 1.72. The smallest absolute Gasteiger partial charge is 0.269 e. The number of nitrogens with zero attached hydrogens (tertiary/aromatic N) is 1. The first-order valence-corrected chi connectivity index (χ1v) is 4.33. The number of nitrogens with one attached hydrogen (secondary N) is 3. The van der Waals surface area contributed by atoms with Crippen LogP contribution in [0.1, 0.15) is 17.4 Å². The van der Waals surface area contributed by atoms with Crippen molar-refractivity contribution in [2.24, 2.45) is 0 Å². The second-order valence-electron chi connectivity index (χ2n) is 2.98. The topological polar surface area (TPSA) is 90.0 Å². The summed E-state index contributed by atoms with van der Waals surface area (Å²) in [5, 5.41) is 20.7. The summed E-state index contributed by atoms with van der Waals surface area (Å²) in [6, 6.07) is 1.59. The number of amides is 1. The van der Waals surface area contributed by atoms with E-state index >= 15 is 0 Å². The van der Waals surface area contributed by atoms with Crippen LogP contribution in [0, 0.1) is 0 Å². The Morgan fingerprint density at radius 1 is 1.79 bits per heavy atom. The van der Waals surface area contributed by atoms with Crippen LogP contribution >= 0.6 is 0 Å². The fourth-order valence-corrected chi connectivity index (χ4v) is 0.902. The van der Waals surface area contributed by atoms with Gasteiger partial charge in [-0.25, -0.2) is 0 Å². The van der Waals surface area contributed by atoms with Gasteiger partial charge in [-0.3, -0.25) is 9.89 Å². The zero-order chi connectivity index (χ0) is 10.6. The molecule has 1 unspecified atom stereocenters. The molecule has 6 nitrogen and oxygen atoms in total. The van der Waals surface area contributed by atoms with Gasteiger partial charge < -0.3 is 15.7 Å². The average Bonchev–Trinajstić information content (AvgIpc) is 2.62. The molecule has 1 aromatic heterocycles. The van der Waals surface area contributed by atoms with E-state index in [0.717, 1.165) is 0 Å². The normalized spacial score (nSPS) is 12.2. The predicted octanol–water partition coefficient (Wildman–Crippen LogP) is -0.438. The standard InChI is InChI=1S/C8H14N4O2/c1-5(13)4-10-8(14)6-3-7(9-2)12-11-6/h3,5,13H,4H2,1-2H3,(H,10,14)(H2,9,11,12). The van der Waals surface area contributed by atoms with Crippen molar-refractivity contribution < 1.29 is 9.90 Å².